The third-order valence-electron chi connectivity index (χ3n) is 8.57. The normalized spacial score (nSPS) is 22.6. The average molecular weight is 694 g/mol. The molecule has 2 N–H and O–H groups in total. The van der Waals surface area contributed by atoms with E-state index in [2.05, 4.69) is 10.3 Å². The molecule has 2 aliphatic heterocycles. The molecule has 5 atom stereocenters. The summed E-state index contributed by atoms with van der Waals surface area (Å²) in [5.74, 6) is -0.978. The monoisotopic (exact) mass is 692 g/mol. The summed E-state index contributed by atoms with van der Waals surface area (Å²) >= 11 is 12.5. The van der Waals surface area contributed by atoms with E-state index in [0.29, 0.717) is 17.3 Å². The van der Waals surface area contributed by atoms with E-state index >= 15 is 0 Å². The molecule has 0 spiro atoms. The van der Waals surface area contributed by atoms with Crippen LogP contribution in [0.15, 0.2) is 85.2 Å². The highest BCUT2D eigenvalue weighted by Gasteiger charge is 2.41. The molecule has 2 aliphatic rings. The van der Waals surface area contributed by atoms with Crippen LogP contribution in [0.25, 0.3) is 0 Å². The number of imide groups is 1. The molecule has 11 nitrogen and oxygen atoms in total. The molecule has 3 amide bonds. The smallest absolute Gasteiger partial charge is 0.408 e. The fourth-order valence-electron chi connectivity index (χ4n) is 5.82. The molecule has 250 valence electrons. The standard InChI is InChI=1S/C35H34Cl2N4O7/c1-21-28(17-40-20-38-31(36)32(40)37)47-34(48-30(21)25-11-9-23(18-42)10-12-25)26-13-7-22(8-14-26)16-41-29(43)15-27(33(41)44)39-35(45)46-19-24-5-3-2-4-6-24/h2-14,20-21,27-28,30,34,42H,15-19H2,1H3,(H,39,45)/t21-,27?,28+,30+,34+/m1/s1. The van der Waals surface area contributed by atoms with E-state index in [4.69, 9.17) is 37.4 Å². The highest BCUT2D eigenvalue weighted by molar-refractivity contribution is 6.40. The maximum absolute atomic E-state index is 13.1. The molecule has 13 heteroatoms. The van der Waals surface area contributed by atoms with Gasteiger partial charge in [0.15, 0.2) is 11.4 Å². The van der Waals surface area contributed by atoms with E-state index in [-0.39, 0.29) is 55.4 Å². The molecular weight excluding hydrogens is 659 g/mol. The third-order valence-corrected chi connectivity index (χ3v) is 9.34. The minimum atomic E-state index is -0.995. The molecule has 2 saturated heterocycles. The zero-order valence-electron chi connectivity index (χ0n) is 26.0. The minimum Gasteiger partial charge on any atom is -0.445 e. The first-order valence-corrected chi connectivity index (χ1v) is 16.2. The number of aromatic nitrogens is 2. The van der Waals surface area contributed by atoms with Crippen LogP contribution in [0.2, 0.25) is 10.3 Å². The third kappa shape index (κ3) is 7.56. The van der Waals surface area contributed by atoms with Crippen LogP contribution in [-0.4, -0.2) is 49.6 Å². The van der Waals surface area contributed by atoms with Crippen molar-refractivity contribution in [2.24, 2.45) is 5.92 Å². The molecule has 0 aliphatic carbocycles. The number of hydrogen-bond acceptors (Lipinski definition) is 8. The molecule has 0 saturated carbocycles. The second kappa shape index (κ2) is 14.9. The van der Waals surface area contributed by atoms with Gasteiger partial charge in [-0.3, -0.25) is 14.5 Å². The topological polar surface area (TPSA) is 132 Å². The van der Waals surface area contributed by atoms with Gasteiger partial charge in [0.05, 0.1) is 44.7 Å². The number of aliphatic hydroxyl groups excluding tert-OH is 1. The van der Waals surface area contributed by atoms with Crippen LogP contribution in [0, 0.1) is 5.92 Å². The number of rotatable bonds is 10. The van der Waals surface area contributed by atoms with Gasteiger partial charge in [-0.2, -0.15) is 0 Å². The molecule has 4 aromatic rings. The van der Waals surface area contributed by atoms with Gasteiger partial charge >= 0.3 is 6.09 Å². The minimum absolute atomic E-state index is 0.0426. The van der Waals surface area contributed by atoms with Crippen molar-refractivity contribution < 1.29 is 33.7 Å². The van der Waals surface area contributed by atoms with Gasteiger partial charge in [0.2, 0.25) is 5.91 Å². The van der Waals surface area contributed by atoms with Crippen molar-refractivity contribution in [3.63, 3.8) is 0 Å². The second-order valence-corrected chi connectivity index (χ2v) is 12.5. The Hall–Kier alpha value is -4.26. The summed E-state index contributed by atoms with van der Waals surface area (Å²) in [5, 5.41) is 12.5. The van der Waals surface area contributed by atoms with Crippen LogP contribution >= 0.6 is 23.2 Å². The molecule has 48 heavy (non-hydrogen) atoms. The van der Waals surface area contributed by atoms with Crippen molar-refractivity contribution >= 4 is 41.1 Å². The van der Waals surface area contributed by atoms with Crippen molar-refractivity contribution in [3.8, 4) is 0 Å². The van der Waals surface area contributed by atoms with Crippen LogP contribution in [0.3, 0.4) is 0 Å². The van der Waals surface area contributed by atoms with Gasteiger partial charge < -0.3 is 29.2 Å². The fraction of sp³-hybridized carbons (Fsp3) is 0.314. The molecule has 3 heterocycles. The number of nitrogens with zero attached hydrogens (tertiary/aromatic N) is 3. The zero-order valence-corrected chi connectivity index (χ0v) is 27.5. The second-order valence-electron chi connectivity index (χ2n) is 11.8. The molecule has 2 fully saturated rings. The quantitative estimate of drug-likeness (QED) is 0.202. The molecule has 0 radical (unpaired) electrons. The first-order valence-electron chi connectivity index (χ1n) is 15.5. The van der Waals surface area contributed by atoms with Gasteiger partial charge in [0, 0.05) is 11.5 Å². The van der Waals surface area contributed by atoms with Crippen molar-refractivity contribution in [2.45, 2.75) is 64.2 Å². The lowest BCUT2D eigenvalue weighted by Gasteiger charge is -2.41. The first-order chi connectivity index (χ1) is 23.2. The Morgan fingerprint density at radius 1 is 0.958 bits per heavy atom. The summed E-state index contributed by atoms with van der Waals surface area (Å²) < 4.78 is 19.9. The SMILES string of the molecule is C[C@@H]1[C@H](Cn2cnc(Cl)c2Cl)O[C@H](c2ccc(CN3C(=O)CC(NC(=O)OCc4ccccc4)C3=O)cc2)O[C@@H]1c1ccc(CO)cc1. The van der Waals surface area contributed by atoms with Gasteiger partial charge in [-0.1, -0.05) is 109 Å². The van der Waals surface area contributed by atoms with Crippen molar-refractivity contribution in [1.82, 2.24) is 19.8 Å². The number of ether oxygens (including phenoxy) is 3. The highest BCUT2D eigenvalue weighted by Crippen LogP contribution is 2.42. The molecule has 3 aromatic carbocycles. The van der Waals surface area contributed by atoms with E-state index in [1.54, 1.807) is 10.9 Å². The number of likely N-dealkylation sites (tertiary alicyclic amines) is 1. The van der Waals surface area contributed by atoms with Gasteiger partial charge in [-0.05, 0) is 22.3 Å². The summed E-state index contributed by atoms with van der Waals surface area (Å²) in [4.78, 5) is 43.4. The Morgan fingerprint density at radius 2 is 1.65 bits per heavy atom. The lowest BCUT2D eigenvalue weighted by molar-refractivity contribution is -0.276. The summed E-state index contributed by atoms with van der Waals surface area (Å²) in [5.41, 5.74) is 3.98. The molecule has 1 aromatic heterocycles. The van der Waals surface area contributed by atoms with Crippen LogP contribution in [-0.2, 0) is 50.1 Å². The molecular formula is C35H34Cl2N4O7. The Bertz CT molecular complexity index is 1750. The summed E-state index contributed by atoms with van der Waals surface area (Å²) in [7, 11) is 0. The number of carbonyl (C=O) groups excluding carboxylic acids is 3. The number of imidazole rings is 1. The van der Waals surface area contributed by atoms with Crippen LogP contribution in [0.1, 0.15) is 53.6 Å². The highest BCUT2D eigenvalue weighted by atomic mass is 35.5. The lowest BCUT2D eigenvalue weighted by atomic mass is 9.90. The predicted molar refractivity (Wildman–Crippen MR) is 175 cm³/mol. The van der Waals surface area contributed by atoms with E-state index in [0.717, 1.165) is 27.2 Å². The van der Waals surface area contributed by atoms with Crippen molar-refractivity contribution in [1.29, 1.82) is 0 Å². The van der Waals surface area contributed by atoms with Crippen molar-refractivity contribution in [3.05, 3.63) is 123 Å². The number of amides is 3. The van der Waals surface area contributed by atoms with E-state index in [1.165, 1.54) is 0 Å². The Morgan fingerprint density at radius 3 is 2.31 bits per heavy atom. The summed E-state index contributed by atoms with van der Waals surface area (Å²) in [6, 6.07) is 23.0. The number of benzene rings is 3. The largest absolute Gasteiger partial charge is 0.445 e. The number of nitrogens with one attached hydrogen (secondary N) is 1. The maximum Gasteiger partial charge on any atom is 0.408 e. The van der Waals surface area contributed by atoms with Gasteiger partial charge in [0.1, 0.15) is 17.8 Å². The summed E-state index contributed by atoms with van der Waals surface area (Å²) in [6.45, 7) is 2.46. The summed E-state index contributed by atoms with van der Waals surface area (Å²) in [6.07, 6.45) is -0.767. The molecule has 6 rings (SSSR count). The number of halogens is 2. The maximum atomic E-state index is 13.1. The van der Waals surface area contributed by atoms with Crippen molar-refractivity contribution in [2.75, 3.05) is 0 Å². The Balaban J connectivity index is 1.12. The zero-order chi connectivity index (χ0) is 33.8. The van der Waals surface area contributed by atoms with E-state index in [1.807, 2.05) is 85.8 Å². The number of hydrogen-bond donors (Lipinski definition) is 2. The van der Waals surface area contributed by atoms with Crippen LogP contribution < -0.4 is 5.32 Å². The number of alkyl carbamates (subject to hydrolysis) is 1. The molecule has 0 bridgehead atoms. The Labute approximate surface area is 287 Å². The van der Waals surface area contributed by atoms with E-state index < -0.39 is 24.3 Å². The Kier molecular flexibility index (Phi) is 10.4. The lowest BCUT2D eigenvalue weighted by Crippen LogP contribution is -2.41. The van der Waals surface area contributed by atoms with Gasteiger partial charge in [-0.25, -0.2) is 9.78 Å². The van der Waals surface area contributed by atoms with Gasteiger partial charge in [0.25, 0.3) is 5.91 Å². The molecule has 1 unspecified atom stereocenters. The van der Waals surface area contributed by atoms with Gasteiger partial charge in [-0.15, -0.1) is 0 Å². The van der Waals surface area contributed by atoms with E-state index in [9.17, 15) is 19.5 Å². The predicted octanol–water partition coefficient (Wildman–Crippen LogP) is 5.73. The van der Waals surface area contributed by atoms with Crippen LogP contribution in [0.4, 0.5) is 4.79 Å². The average Bonchev–Trinajstić information content (AvgIpc) is 3.56. The van der Waals surface area contributed by atoms with Crippen LogP contribution in [0.5, 0.6) is 0 Å². The fourth-order valence-corrected chi connectivity index (χ4v) is 6.14. The number of carbonyl (C=O) groups is 3. The first kappa shape index (κ1) is 33.6. The number of aliphatic hydroxyl groups is 1.